The lowest BCUT2D eigenvalue weighted by atomic mass is 9.78. The van der Waals surface area contributed by atoms with Crippen molar-refractivity contribution in [2.45, 2.75) is 57.6 Å². The number of hydrogen-bond acceptors (Lipinski definition) is 3. The lowest BCUT2D eigenvalue weighted by molar-refractivity contribution is -0.119. The largest absolute Gasteiger partial charge is 0.390 e. The molecule has 1 fully saturated rings. The van der Waals surface area contributed by atoms with Crippen LogP contribution < -0.4 is 5.32 Å². The first-order valence-corrected chi connectivity index (χ1v) is 8.00. The summed E-state index contributed by atoms with van der Waals surface area (Å²) in [6, 6.07) is 2.43. The fourth-order valence-corrected chi connectivity index (χ4v) is 3.19. The van der Waals surface area contributed by atoms with E-state index in [9.17, 15) is 18.7 Å². The lowest BCUT2D eigenvalue weighted by Crippen LogP contribution is -2.39. The second-order valence-electron chi connectivity index (χ2n) is 7.39. The second kappa shape index (κ2) is 5.51. The minimum absolute atomic E-state index is 0.0655. The highest BCUT2D eigenvalue weighted by Crippen LogP contribution is 2.43. The van der Waals surface area contributed by atoms with Gasteiger partial charge in [0, 0.05) is 5.54 Å². The molecule has 24 heavy (non-hydrogen) atoms. The molecule has 0 aliphatic heterocycles. The summed E-state index contributed by atoms with van der Waals surface area (Å²) in [7, 11) is 0. The molecule has 1 heterocycles. The molecule has 1 aromatic heterocycles. The van der Waals surface area contributed by atoms with Gasteiger partial charge in [-0.05, 0) is 52.2 Å². The van der Waals surface area contributed by atoms with E-state index in [-0.39, 0.29) is 17.9 Å². The van der Waals surface area contributed by atoms with E-state index in [2.05, 4.69) is 10.3 Å². The van der Waals surface area contributed by atoms with E-state index in [4.69, 9.17) is 0 Å². The molecular weight excluding hydrogens is 316 g/mol. The first-order chi connectivity index (χ1) is 11.1. The number of anilines is 1. The number of nitrogens with zero attached hydrogens (tertiary/aromatic N) is 2. The first kappa shape index (κ1) is 16.8. The highest BCUT2D eigenvalue weighted by molar-refractivity contribution is 5.92. The molecule has 0 spiro atoms. The minimum Gasteiger partial charge on any atom is -0.390 e. The van der Waals surface area contributed by atoms with Crippen molar-refractivity contribution >= 4 is 22.9 Å². The predicted molar refractivity (Wildman–Crippen MR) is 86.7 cm³/mol. The number of aliphatic hydroxyl groups is 1. The van der Waals surface area contributed by atoms with E-state index in [1.165, 1.54) is 19.9 Å². The zero-order valence-electron chi connectivity index (χ0n) is 14.0. The number of carbonyl (C=O) groups is 1. The fraction of sp³-hybridized carbons (Fsp3) is 0.529. The highest BCUT2D eigenvalue weighted by Gasteiger charge is 2.38. The van der Waals surface area contributed by atoms with Gasteiger partial charge in [-0.2, -0.15) is 0 Å². The Bertz CT molecular complexity index is 804. The van der Waals surface area contributed by atoms with Crippen LogP contribution in [0.25, 0.3) is 11.0 Å². The smallest absolute Gasteiger partial charge is 0.229 e. The standard InChI is InChI=1S/C17H21F2N3O2/c1-16(2,24)9-12(23)21-15-20-11-6-5-10(18)13(19)14(11)22(15)17(3)7-4-8-17/h5-6,24H,4,7-9H2,1-3H3,(H,20,21,23). The van der Waals surface area contributed by atoms with Crippen LogP contribution in [-0.4, -0.2) is 26.2 Å². The van der Waals surface area contributed by atoms with Crippen molar-refractivity contribution in [3.63, 3.8) is 0 Å². The van der Waals surface area contributed by atoms with Gasteiger partial charge < -0.3 is 9.67 Å². The average molecular weight is 337 g/mol. The van der Waals surface area contributed by atoms with Crippen LogP contribution in [0, 0.1) is 11.6 Å². The Hall–Kier alpha value is -2.02. The molecule has 0 unspecified atom stereocenters. The van der Waals surface area contributed by atoms with Gasteiger partial charge in [-0.25, -0.2) is 13.8 Å². The molecule has 0 radical (unpaired) electrons. The minimum atomic E-state index is -1.17. The number of benzene rings is 1. The Labute approximate surface area is 138 Å². The third-order valence-corrected chi connectivity index (χ3v) is 4.52. The molecule has 2 N–H and O–H groups in total. The molecule has 1 aliphatic carbocycles. The Balaban J connectivity index is 2.09. The predicted octanol–water partition coefficient (Wildman–Crippen LogP) is 3.31. The van der Waals surface area contributed by atoms with Gasteiger partial charge in [-0.15, -0.1) is 0 Å². The molecule has 1 aliphatic rings. The fourth-order valence-electron chi connectivity index (χ4n) is 3.19. The van der Waals surface area contributed by atoms with Crippen LogP contribution in [0.1, 0.15) is 46.5 Å². The summed E-state index contributed by atoms with van der Waals surface area (Å²) in [5, 5.41) is 12.4. The summed E-state index contributed by atoms with van der Waals surface area (Å²) in [4.78, 5) is 16.4. The van der Waals surface area contributed by atoms with Gasteiger partial charge in [0.05, 0.1) is 17.5 Å². The van der Waals surface area contributed by atoms with Crippen LogP contribution >= 0.6 is 0 Å². The maximum Gasteiger partial charge on any atom is 0.229 e. The van der Waals surface area contributed by atoms with Crippen molar-refractivity contribution in [2.24, 2.45) is 0 Å². The van der Waals surface area contributed by atoms with Crippen LogP contribution in [0.5, 0.6) is 0 Å². The van der Waals surface area contributed by atoms with Crippen molar-refractivity contribution in [3.8, 4) is 0 Å². The average Bonchev–Trinajstić information content (AvgIpc) is 2.77. The number of nitrogens with one attached hydrogen (secondary N) is 1. The third kappa shape index (κ3) is 2.88. The number of rotatable bonds is 4. The van der Waals surface area contributed by atoms with Gasteiger partial charge in [-0.1, -0.05) is 0 Å². The summed E-state index contributed by atoms with van der Waals surface area (Å²) in [5.74, 6) is -2.15. The van der Waals surface area contributed by atoms with E-state index >= 15 is 0 Å². The van der Waals surface area contributed by atoms with Gasteiger partial charge in [-0.3, -0.25) is 10.1 Å². The molecule has 0 atom stereocenters. The molecule has 1 aromatic carbocycles. The summed E-state index contributed by atoms with van der Waals surface area (Å²) in [6.07, 6.45) is 2.44. The molecule has 0 saturated heterocycles. The van der Waals surface area contributed by atoms with Gasteiger partial charge >= 0.3 is 0 Å². The van der Waals surface area contributed by atoms with Gasteiger partial charge in [0.2, 0.25) is 11.9 Å². The normalized spacial score (nSPS) is 16.9. The van der Waals surface area contributed by atoms with Crippen molar-refractivity contribution < 1.29 is 18.7 Å². The zero-order chi connectivity index (χ0) is 17.7. The van der Waals surface area contributed by atoms with E-state index < -0.39 is 28.7 Å². The van der Waals surface area contributed by atoms with Crippen molar-refractivity contribution in [1.29, 1.82) is 0 Å². The molecule has 7 heteroatoms. The molecule has 3 rings (SSSR count). The monoisotopic (exact) mass is 337 g/mol. The molecular formula is C17H21F2N3O2. The second-order valence-corrected chi connectivity index (χ2v) is 7.39. The number of aromatic nitrogens is 2. The number of fused-ring (bicyclic) bond motifs is 1. The molecule has 130 valence electrons. The number of halogens is 2. The van der Waals surface area contributed by atoms with E-state index in [1.807, 2.05) is 6.92 Å². The Kier molecular flexibility index (Phi) is 3.86. The zero-order valence-corrected chi connectivity index (χ0v) is 14.0. The SMILES string of the molecule is CC(C)(O)CC(=O)Nc1nc2ccc(F)c(F)c2n1C1(C)CCC1. The topological polar surface area (TPSA) is 67.2 Å². The third-order valence-electron chi connectivity index (χ3n) is 4.52. The van der Waals surface area contributed by atoms with Crippen molar-refractivity contribution in [3.05, 3.63) is 23.8 Å². The Morgan fingerprint density at radius 3 is 2.62 bits per heavy atom. The summed E-state index contributed by atoms with van der Waals surface area (Å²) in [5.41, 5.74) is -1.23. The van der Waals surface area contributed by atoms with E-state index in [0.29, 0.717) is 5.52 Å². The summed E-state index contributed by atoms with van der Waals surface area (Å²) >= 11 is 0. The van der Waals surface area contributed by atoms with Gasteiger partial charge in [0.25, 0.3) is 0 Å². The maximum absolute atomic E-state index is 14.4. The Morgan fingerprint density at radius 2 is 2.08 bits per heavy atom. The molecule has 1 saturated carbocycles. The van der Waals surface area contributed by atoms with Crippen molar-refractivity contribution in [2.75, 3.05) is 5.32 Å². The van der Waals surface area contributed by atoms with Crippen LogP contribution in [0.15, 0.2) is 12.1 Å². The van der Waals surface area contributed by atoms with Crippen molar-refractivity contribution in [1.82, 2.24) is 9.55 Å². The number of hydrogen-bond donors (Lipinski definition) is 2. The quantitative estimate of drug-likeness (QED) is 0.899. The molecule has 5 nitrogen and oxygen atoms in total. The molecule has 2 aromatic rings. The number of carbonyl (C=O) groups excluding carboxylic acids is 1. The number of amides is 1. The highest BCUT2D eigenvalue weighted by atomic mass is 19.2. The maximum atomic E-state index is 14.4. The van der Waals surface area contributed by atoms with Crippen LogP contribution in [0.3, 0.4) is 0 Å². The van der Waals surface area contributed by atoms with E-state index in [0.717, 1.165) is 25.3 Å². The van der Waals surface area contributed by atoms with Crippen LogP contribution in [-0.2, 0) is 10.3 Å². The Morgan fingerprint density at radius 1 is 1.42 bits per heavy atom. The van der Waals surface area contributed by atoms with Crippen LogP contribution in [0.4, 0.5) is 14.7 Å². The molecule has 0 bridgehead atoms. The van der Waals surface area contributed by atoms with Gasteiger partial charge in [0.15, 0.2) is 11.6 Å². The summed E-state index contributed by atoms with van der Waals surface area (Å²) in [6.45, 7) is 4.99. The first-order valence-electron chi connectivity index (χ1n) is 8.00. The lowest BCUT2D eigenvalue weighted by Gasteiger charge is -2.41. The van der Waals surface area contributed by atoms with Gasteiger partial charge in [0.1, 0.15) is 5.52 Å². The summed E-state index contributed by atoms with van der Waals surface area (Å²) < 4.78 is 29.7. The number of imidazole rings is 1. The van der Waals surface area contributed by atoms with Crippen LogP contribution in [0.2, 0.25) is 0 Å². The van der Waals surface area contributed by atoms with E-state index in [1.54, 1.807) is 4.57 Å². The molecule has 1 amide bonds.